The van der Waals surface area contributed by atoms with E-state index < -0.39 is 0 Å². The van der Waals surface area contributed by atoms with Crippen LogP contribution in [0.5, 0.6) is 0 Å². The van der Waals surface area contributed by atoms with Crippen LogP contribution in [0.2, 0.25) is 5.15 Å². The van der Waals surface area contributed by atoms with Crippen LogP contribution in [-0.2, 0) is 4.79 Å². The maximum absolute atomic E-state index is 11.0. The van der Waals surface area contributed by atoms with Gasteiger partial charge in [0.2, 0.25) is 5.91 Å². The Morgan fingerprint density at radius 3 is 2.87 bits per heavy atom. The molecule has 0 radical (unpaired) electrons. The highest BCUT2D eigenvalue weighted by Gasteiger charge is 2.33. The minimum absolute atomic E-state index is 0.254. The number of carbonyl (C=O) groups is 1. The lowest BCUT2D eigenvalue weighted by Gasteiger charge is -2.39. The molecule has 0 spiro atoms. The van der Waals surface area contributed by atoms with Gasteiger partial charge in [-0.15, -0.1) is 0 Å². The van der Waals surface area contributed by atoms with Crippen LogP contribution in [0, 0.1) is 6.92 Å². The van der Waals surface area contributed by atoms with Gasteiger partial charge in [0.1, 0.15) is 22.8 Å². The van der Waals surface area contributed by atoms with Crippen molar-refractivity contribution in [2.45, 2.75) is 19.4 Å². The SMILES string of the molecule is Cc1nc(Cl)cc(N2CCC2C(N)=O)n1. The van der Waals surface area contributed by atoms with E-state index in [2.05, 4.69) is 9.97 Å². The number of nitrogens with zero attached hydrogens (tertiary/aromatic N) is 3. The topological polar surface area (TPSA) is 72.1 Å². The lowest BCUT2D eigenvalue weighted by Crippen LogP contribution is -2.55. The predicted molar refractivity (Wildman–Crippen MR) is 56.7 cm³/mol. The first-order valence-corrected chi connectivity index (χ1v) is 5.03. The molecule has 0 saturated carbocycles. The van der Waals surface area contributed by atoms with E-state index in [1.54, 1.807) is 13.0 Å². The van der Waals surface area contributed by atoms with Gasteiger partial charge in [-0.1, -0.05) is 11.6 Å². The van der Waals surface area contributed by atoms with Crippen LogP contribution in [0.3, 0.4) is 0 Å². The fraction of sp³-hybridized carbons (Fsp3) is 0.444. The molecule has 5 nitrogen and oxygen atoms in total. The molecule has 1 unspecified atom stereocenters. The second kappa shape index (κ2) is 3.66. The van der Waals surface area contributed by atoms with Gasteiger partial charge in [-0.25, -0.2) is 9.97 Å². The smallest absolute Gasteiger partial charge is 0.240 e. The van der Waals surface area contributed by atoms with Gasteiger partial charge in [-0.05, 0) is 13.3 Å². The van der Waals surface area contributed by atoms with E-state index in [0.717, 1.165) is 13.0 Å². The molecule has 15 heavy (non-hydrogen) atoms. The van der Waals surface area contributed by atoms with Crippen LogP contribution < -0.4 is 10.6 Å². The minimum Gasteiger partial charge on any atom is -0.368 e. The van der Waals surface area contributed by atoms with E-state index >= 15 is 0 Å². The van der Waals surface area contributed by atoms with Crippen molar-refractivity contribution in [3.63, 3.8) is 0 Å². The molecule has 0 aliphatic carbocycles. The maximum Gasteiger partial charge on any atom is 0.240 e. The third-order valence-electron chi connectivity index (χ3n) is 2.44. The number of primary amides is 1. The van der Waals surface area contributed by atoms with E-state index in [-0.39, 0.29) is 11.9 Å². The van der Waals surface area contributed by atoms with Crippen molar-refractivity contribution in [3.8, 4) is 0 Å². The summed E-state index contributed by atoms with van der Waals surface area (Å²) < 4.78 is 0. The summed E-state index contributed by atoms with van der Waals surface area (Å²) in [6.45, 7) is 2.54. The monoisotopic (exact) mass is 226 g/mol. The standard InChI is InChI=1S/C9H11ClN4O/c1-5-12-7(10)4-8(13-5)14-3-2-6(14)9(11)15/h4,6H,2-3H2,1H3,(H2,11,15). The first kappa shape index (κ1) is 10.2. The third kappa shape index (κ3) is 1.87. The Balaban J connectivity index is 2.26. The lowest BCUT2D eigenvalue weighted by atomic mass is 10.0. The first-order valence-electron chi connectivity index (χ1n) is 4.65. The van der Waals surface area contributed by atoms with E-state index in [1.165, 1.54) is 0 Å². The average molecular weight is 227 g/mol. The molecule has 1 fully saturated rings. The molecule has 1 aliphatic rings. The molecule has 1 aromatic rings. The zero-order valence-corrected chi connectivity index (χ0v) is 9.03. The molecule has 2 N–H and O–H groups in total. The Bertz CT molecular complexity index is 389. The van der Waals surface area contributed by atoms with Gasteiger partial charge in [0, 0.05) is 12.6 Å². The van der Waals surface area contributed by atoms with Crippen molar-refractivity contribution in [2.75, 3.05) is 11.4 Å². The van der Waals surface area contributed by atoms with E-state index in [9.17, 15) is 4.79 Å². The third-order valence-corrected chi connectivity index (χ3v) is 2.63. The molecule has 1 aromatic heterocycles. The molecular weight excluding hydrogens is 216 g/mol. The quantitative estimate of drug-likeness (QED) is 0.746. The molecule has 2 heterocycles. The Kier molecular flexibility index (Phi) is 2.48. The Morgan fingerprint density at radius 1 is 1.67 bits per heavy atom. The summed E-state index contributed by atoms with van der Waals surface area (Å²) in [4.78, 5) is 21.0. The van der Waals surface area contributed by atoms with Gasteiger partial charge in [0.25, 0.3) is 0 Å². The number of amides is 1. The number of hydrogen-bond acceptors (Lipinski definition) is 4. The summed E-state index contributed by atoms with van der Waals surface area (Å²) in [5.41, 5.74) is 5.24. The number of carbonyl (C=O) groups excluding carboxylic acids is 1. The van der Waals surface area contributed by atoms with Crippen molar-refractivity contribution in [2.24, 2.45) is 5.73 Å². The summed E-state index contributed by atoms with van der Waals surface area (Å²) in [5, 5.41) is 0.382. The van der Waals surface area contributed by atoms with E-state index in [0.29, 0.717) is 16.8 Å². The molecule has 1 aliphatic heterocycles. The summed E-state index contributed by atoms with van der Waals surface area (Å²) in [7, 11) is 0. The first-order chi connectivity index (χ1) is 7.08. The minimum atomic E-state index is -0.325. The summed E-state index contributed by atoms with van der Waals surface area (Å²) >= 11 is 5.81. The Labute approximate surface area is 92.3 Å². The van der Waals surface area contributed by atoms with Crippen LogP contribution in [0.1, 0.15) is 12.2 Å². The summed E-state index contributed by atoms with van der Waals surface area (Å²) in [6.07, 6.45) is 0.774. The lowest BCUT2D eigenvalue weighted by molar-refractivity contribution is -0.120. The zero-order valence-electron chi connectivity index (χ0n) is 8.27. The number of hydrogen-bond donors (Lipinski definition) is 1. The molecule has 2 rings (SSSR count). The van der Waals surface area contributed by atoms with Gasteiger partial charge in [0.05, 0.1) is 0 Å². The highest BCUT2D eigenvalue weighted by Crippen LogP contribution is 2.25. The zero-order chi connectivity index (χ0) is 11.0. The highest BCUT2D eigenvalue weighted by atomic mass is 35.5. The van der Waals surface area contributed by atoms with E-state index in [1.807, 2.05) is 4.90 Å². The molecule has 1 atom stereocenters. The Morgan fingerprint density at radius 2 is 2.40 bits per heavy atom. The molecule has 6 heteroatoms. The van der Waals surface area contributed by atoms with Crippen molar-refractivity contribution < 1.29 is 4.79 Å². The molecule has 0 bridgehead atoms. The Hall–Kier alpha value is -1.36. The van der Waals surface area contributed by atoms with Crippen LogP contribution >= 0.6 is 11.6 Å². The molecule has 80 valence electrons. The maximum atomic E-state index is 11.0. The van der Waals surface area contributed by atoms with Gasteiger partial charge >= 0.3 is 0 Å². The van der Waals surface area contributed by atoms with Gasteiger partial charge in [0.15, 0.2) is 0 Å². The van der Waals surface area contributed by atoms with Gasteiger partial charge in [-0.2, -0.15) is 0 Å². The number of anilines is 1. The number of aryl methyl sites for hydroxylation is 1. The molecular formula is C9H11ClN4O. The number of nitrogens with two attached hydrogens (primary N) is 1. The second-order valence-electron chi connectivity index (χ2n) is 3.50. The molecule has 0 aromatic carbocycles. The summed E-state index contributed by atoms with van der Waals surface area (Å²) in [6, 6.07) is 1.39. The average Bonchev–Trinajstić information content (AvgIpc) is 1.97. The van der Waals surface area contributed by atoms with Crippen LogP contribution in [0.4, 0.5) is 5.82 Å². The summed E-state index contributed by atoms with van der Waals surface area (Å²) in [5.74, 6) is 0.934. The number of rotatable bonds is 2. The largest absolute Gasteiger partial charge is 0.368 e. The second-order valence-corrected chi connectivity index (χ2v) is 3.88. The van der Waals surface area contributed by atoms with Gasteiger partial charge in [-0.3, -0.25) is 4.79 Å². The van der Waals surface area contributed by atoms with E-state index in [4.69, 9.17) is 17.3 Å². The fourth-order valence-corrected chi connectivity index (χ4v) is 1.84. The molecule has 1 amide bonds. The molecule has 1 saturated heterocycles. The number of aromatic nitrogens is 2. The van der Waals surface area contributed by atoms with Crippen LogP contribution in [-0.4, -0.2) is 28.5 Å². The van der Waals surface area contributed by atoms with Crippen LogP contribution in [0.25, 0.3) is 0 Å². The fourth-order valence-electron chi connectivity index (χ4n) is 1.62. The van der Waals surface area contributed by atoms with Gasteiger partial charge < -0.3 is 10.6 Å². The van der Waals surface area contributed by atoms with Crippen molar-refractivity contribution in [3.05, 3.63) is 17.0 Å². The van der Waals surface area contributed by atoms with Crippen molar-refractivity contribution in [1.29, 1.82) is 0 Å². The van der Waals surface area contributed by atoms with Crippen molar-refractivity contribution in [1.82, 2.24) is 9.97 Å². The highest BCUT2D eigenvalue weighted by molar-refractivity contribution is 6.29. The predicted octanol–water partition coefficient (Wildman–Crippen LogP) is 0.502. The van der Waals surface area contributed by atoms with Crippen LogP contribution in [0.15, 0.2) is 6.07 Å². The van der Waals surface area contributed by atoms with Crippen molar-refractivity contribution >= 4 is 23.3 Å². The number of halogens is 1. The normalized spacial score (nSPS) is 19.9.